The molecule has 25 heavy (non-hydrogen) atoms. The van der Waals surface area contributed by atoms with Crippen molar-refractivity contribution in [3.05, 3.63) is 0 Å². The van der Waals surface area contributed by atoms with Crippen molar-refractivity contribution in [1.29, 1.82) is 0 Å². The van der Waals surface area contributed by atoms with Crippen molar-refractivity contribution in [2.45, 2.75) is 111 Å². The van der Waals surface area contributed by atoms with Crippen molar-refractivity contribution in [2.24, 2.45) is 5.92 Å². The highest BCUT2D eigenvalue weighted by molar-refractivity contribution is 6.60. The molecule has 0 amide bonds. The van der Waals surface area contributed by atoms with Gasteiger partial charge in [0.15, 0.2) is 0 Å². The Labute approximate surface area is 159 Å². The van der Waals surface area contributed by atoms with Crippen LogP contribution >= 0.6 is 0 Å². The van der Waals surface area contributed by atoms with E-state index in [1.807, 2.05) is 20.8 Å². The Bertz CT molecular complexity index is 255. The molecule has 0 fully saturated rings. The van der Waals surface area contributed by atoms with E-state index in [2.05, 4.69) is 13.8 Å². The van der Waals surface area contributed by atoms with Crippen molar-refractivity contribution in [3.8, 4) is 0 Å². The van der Waals surface area contributed by atoms with E-state index in [4.69, 9.17) is 13.3 Å². The van der Waals surface area contributed by atoms with Gasteiger partial charge in [-0.05, 0) is 33.1 Å². The van der Waals surface area contributed by atoms with Gasteiger partial charge in [0.25, 0.3) is 0 Å². The summed E-state index contributed by atoms with van der Waals surface area (Å²) >= 11 is 0. The Kier molecular flexibility index (Phi) is 17.6. The van der Waals surface area contributed by atoms with Crippen molar-refractivity contribution in [1.82, 2.24) is 0 Å². The molecule has 4 heteroatoms. The number of hydrogen-bond acceptors (Lipinski definition) is 3. The van der Waals surface area contributed by atoms with E-state index in [1.165, 1.54) is 70.6 Å². The molecule has 0 spiro atoms. The Hall–Kier alpha value is 0.0969. The molecule has 0 N–H and O–H groups in total. The molecule has 152 valence electrons. The molecule has 0 aliphatic heterocycles. The third-order valence-corrected chi connectivity index (χ3v) is 7.76. The predicted molar refractivity (Wildman–Crippen MR) is 111 cm³/mol. The van der Waals surface area contributed by atoms with Crippen LogP contribution in [-0.2, 0) is 13.3 Å². The molecule has 0 aromatic carbocycles. The zero-order valence-corrected chi connectivity index (χ0v) is 18.9. The topological polar surface area (TPSA) is 27.7 Å². The maximum Gasteiger partial charge on any atom is 0.500 e. The van der Waals surface area contributed by atoms with Gasteiger partial charge < -0.3 is 13.3 Å². The van der Waals surface area contributed by atoms with E-state index in [9.17, 15) is 0 Å². The third kappa shape index (κ3) is 14.9. The van der Waals surface area contributed by atoms with Crippen LogP contribution in [-0.4, -0.2) is 28.6 Å². The lowest BCUT2D eigenvalue weighted by atomic mass is 10.0. The number of unbranched alkanes of at least 4 members (excludes halogenated alkanes) is 9. The molecule has 0 aliphatic carbocycles. The van der Waals surface area contributed by atoms with Gasteiger partial charge in [-0.15, -0.1) is 0 Å². The van der Waals surface area contributed by atoms with Gasteiger partial charge in [-0.25, -0.2) is 0 Å². The van der Waals surface area contributed by atoms with Gasteiger partial charge in [0.1, 0.15) is 0 Å². The van der Waals surface area contributed by atoms with Gasteiger partial charge in [-0.1, -0.05) is 78.1 Å². The summed E-state index contributed by atoms with van der Waals surface area (Å²) in [6.07, 6.45) is 15.1. The Morgan fingerprint density at radius 2 is 0.920 bits per heavy atom. The van der Waals surface area contributed by atoms with Crippen molar-refractivity contribution < 1.29 is 13.3 Å². The van der Waals surface area contributed by atoms with E-state index >= 15 is 0 Å². The second-order valence-corrected chi connectivity index (χ2v) is 10.2. The SMILES string of the molecule is CCO[Si](CCCCCCCCCCCCC(C)C)(OCC)OCC. The fourth-order valence-corrected chi connectivity index (χ4v) is 6.00. The van der Waals surface area contributed by atoms with Gasteiger partial charge in [-0.3, -0.25) is 0 Å². The minimum absolute atomic E-state index is 0.684. The summed E-state index contributed by atoms with van der Waals surface area (Å²) in [7, 11) is -2.40. The number of rotatable bonds is 19. The standard InChI is InChI=1S/C21H46O3Si/c1-6-22-25(23-7-2,24-8-3)20-18-16-14-12-10-9-11-13-15-17-19-21(4)5/h21H,6-20H2,1-5H3. The first-order valence-electron chi connectivity index (χ1n) is 11.0. The summed E-state index contributed by atoms with van der Waals surface area (Å²) < 4.78 is 17.7. The Morgan fingerprint density at radius 3 is 1.28 bits per heavy atom. The van der Waals surface area contributed by atoms with E-state index in [0.717, 1.165) is 12.0 Å². The third-order valence-electron chi connectivity index (χ3n) is 4.61. The van der Waals surface area contributed by atoms with Crippen LogP contribution in [0.25, 0.3) is 0 Å². The first-order valence-corrected chi connectivity index (χ1v) is 12.9. The fourth-order valence-electron chi connectivity index (χ4n) is 3.31. The normalized spacial score (nSPS) is 12.2. The summed E-state index contributed by atoms with van der Waals surface area (Å²) in [5, 5.41) is 0. The monoisotopic (exact) mass is 374 g/mol. The fraction of sp³-hybridized carbons (Fsp3) is 1.00. The zero-order chi connectivity index (χ0) is 18.8. The minimum Gasteiger partial charge on any atom is -0.374 e. The van der Waals surface area contributed by atoms with Crippen LogP contribution in [0.4, 0.5) is 0 Å². The summed E-state index contributed by atoms with van der Waals surface area (Å²) in [6, 6.07) is 0.971. The average molecular weight is 375 g/mol. The quantitative estimate of drug-likeness (QED) is 0.180. The highest BCUT2D eigenvalue weighted by atomic mass is 28.4. The molecular formula is C21H46O3Si. The number of hydrogen-bond donors (Lipinski definition) is 0. The lowest BCUT2D eigenvalue weighted by Gasteiger charge is -2.28. The highest BCUT2D eigenvalue weighted by Crippen LogP contribution is 2.21. The molecule has 0 unspecified atom stereocenters. The van der Waals surface area contributed by atoms with Crippen LogP contribution in [0, 0.1) is 5.92 Å². The smallest absolute Gasteiger partial charge is 0.374 e. The van der Waals surface area contributed by atoms with Crippen molar-refractivity contribution >= 4 is 8.80 Å². The molecule has 3 nitrogen and oxygen atoms in total. The maximum absolute atomic E-state index is 5.91. The lowest BCUT2D eigenvalue weighted by Crippen LogP contribution is -2.45. The molecule has 0 radical (unpaired) electrons. The molecule has 0 aliphatic rings. The van der Waals surface area contributed by atoms with Crippen molar-refractivity contribution in [3.63, 3.8) is 0 Å². The second-order valence-electron chi connectivity index (χ2n) is 7.45. The summed E-state index contributed by atoms with van der Waals surface area (Å²) in [4.78, 5) is 0. The van der Waals surface area contributed by atoms with Crippen molar-refractivity contribution in [2.75, 3.05) is 19.8 Å². The van der Waals surface area contributed by atoms with Gasteiger partial charge >= 0.3 is 8.80 Å². The van der Waals surface area contributed by atoms with Gasteiger partial charge in [0.2, 0.25) is 0 Å². The van der Waals surface area contributed by atoms with Crippen LogP contribution in [0.5, 0.6) is 0 Å². The second kappa shape index (κ2) is 17.5. The Balaban J connectivity index is 3.59. The molecule has 0 rings (SSSR count). The van der Waals surface area contributed by atoms with Crippen LogP contribution < -0.4 is 0 Å². The van der Waals surface area contributed by atoms with Crippen LogP contribution in [0.2, 0.25) is 6.04 Å². The van der Waals surface area contributed by atoms with E-state index in [1.54, 1.807) is 0 Å². The summed E-state index contributed by atoms with van der Waals surface area (Å²) in [5.41, 5.74) is 0. The first kappa shape index (κ1) is 25.1. The molecule has 0 atom stereocenters. The molecular weight excluding hydrogens is 328 g/mol. The molecule has 0 saturated carbocycles. The summed E-state index contributed by atoms with van der Waals surface area (Å²) in [6.45, 7) is 12.8. The van der Waals surface area contributed by atoms with Crippen LogP contribution in [0.3, 0.4) is 0 Å². The van der Waals surface area contributed by atoms with E-state index in [0.29, 0.717) is 19.8 Å². The molecule has 0 aromatic heterocycles. The van der Waals surface area contributed by atoms with E-state index in [-0.39, 0.29) is 0 Å². The largest absolute Gasteiger partial charge is 0.500 e. The predicted octanol–water partition coefficient (Wildman–Crippen LogP) is 6.98. The van der Waals surface area contributed by atoms with Gasteiger partial charge in [0, 0.05) is 25.9 Å². The minimum atomic E-state index is -2.40. The van der Waals surface area contributed by atoms with Gasteiger partial charge in [0.05, 0.1) is 0 Å². The summed E-state index contributed by atoms with van der Waals surface area (Å²) in [5.74, 6) is 0.870. The zero-order valence-electron chi connectivity index (χ0n) is 17.9. The maximum atomic E-state index is 5.91. The van der Waals surface area contributed by atoms with E-state index < -0.39 is 8.80 Å². The lowest BCUT2D eigenvalue weighted by molar-refractivity contribution is 0.0706. The molecule has 0 saturated heterocycles. The molecule has 0 bridgehead atoms. The van der Waals surface area contributed by atoms with Crippen LogP contribution in [0.1, 0.15) is 105 Å². The van der Waals surface area contributed by atoms with Gasteiger partial charge in [-0.2, -0.15) is 0 Å². The van der Waals surface area contributed by atoms with Crippen LogP contribution in [0.15, 0.2) is 0 Å². The average Bonchev–Trinajstić information content (AvgIpc) is 2.56. The first-order chi connectivity index (χ1) is 12.1. The highest BCUT2D eigenvalue weighted by Gasteiger charge is 2.39. The molecule has 0 aromatic rings. The molecule has 0 heterocycles. The Morgan fingerprint density at radius 1 is 0.560 bits per heavy atom.